The highest BCUT2D eigenvalue weighted by Gasteiger charge is 2.45. The Morgan fingerprint density at radius 1 is 0.797 bits per heavy atom. The van der Waals surface area contributed by atoms with Crippen molar-refractivity contribution in [3.8, 4) is 6.07 Å². The summed E-state index contributed by atoms with van der Waals surface area (Å²) in [7, 11) is 0. The Morgan fingerprint density at radius 2 is 1.51 bits per heavy atom. The fraction of sp³-hybridized carbons (Fsp3) is 0.477. The van der Waals surface area contributed by atoms with E-state index in [1.54, 1.807) is 24.4 Å². The molecule has 1 aromatic heterocycles. The Bertz CT molecular complexity index is 2220. The van der Waals surface area contributed by atoms with Crippen LogP contribution in [0, 0.1) is 22.7 Å². The average Bonchev–Trinajstić information content (AvgIpc) is 3.78. The molecule has 9 rings (SSSR count). The Kier molecular flexibility index (Phi) is 10.5. The first-order valence-corrected chi connectivity index (χ1v) is 21.2. The van der Waals surface area contributed by atoms with Gasteiger partial charge in [0.2, 0.25) is 11.8 Å². The number of likely N-dealkylation sites (tertiary alicyclic amines) is 1. The number of halogens is 1. The van der Waals surface area contributed by atoms with Crippen molar-refractivity contribution >= 4 is 58.3 Å². The largest absolute Gasteiger partial charge is 0.371 e. The van der Waals surface area contributed by atoms with E-state index in [0.29, 0.717) is 33.2 Å². The van der Waals surface area contributed by atoms with Gasteiger partial charge >= 0.3 is 0 Å². The maximum absolute atomic E-state index is 13.5. The van der Waals surface area contributed by atoms with E-state index in [-0.39, 0.29) is 30.1 Å². The van der Waals surface area contributed by atoms with Crippen molar-refractivity contribution < 1.29 is 24.0 Å². The molecule has 0 aliphatic carbocycles. The molecule has 1 unspecified atom stereocenters. The second kappa shape index (κ2) is 15.9. The van der Waals surface area contributed by atoms with Gasteiger partial charge in [-0.15, -0.1) is 0 Å². The molecule has 1 atom stereocenters. The van der Waals surface area contributed by atoms with Gasteiger partial charge in [-0.2, -0.15) is 5.26 Å². The number of piperidine rings is 3. The van der Waals surface area contributed by atoms with E-state index in [2.05, 4.69) is 31.0 Å². The fourth-order valence-electron chi connectivity index (χ4n) is 9.98. The number of hydrogen-bond acceptors (Lipinski definition) is 11. The Labute approximate surface area is 348 Å². The van der Waals surface area contributed by atoms with E-state index in [4.69, 9.17) is 16.6 Å². The van der Waals surface area contributed by atoms with Crippen molar-refractivity contribution in [3.63, 3.8) is 0 Å². The van der Waals surface area contributed by atoms with Gasteiger partial charge in [0.1, 0.15) is 17.9 Å². The van der Waals surface area contributed by atoms with Gasteiger partial charge in [-0.25, -0.2) is 4.98 Å². The number of aromatic nitrogens is 1. The number of hydrogen-bond donors (Lipinski definition) is 1. The lowest BCUT2D eigenvalue weighted by atomic mass is 9.77. The standard InChI is InChI=1S/C44H48ClN9O5/c45-36-24-33(3-1-30(36)25-46)53-18-13-44(28-53)11-16-52(17-12-44)41(57)31-2-7-38(47-26-31)51-21-19-49(20-22-51)27-29-9-14-50(15-10-29)32-4-5-34-35(23-32)43(59)54(42(34)58)37-6-8-39(55)48-40(37)56/h1-5,7,23-24,26,29,37H,6,8-22,27-28H2,(H,48,55,56). The molecule has 5 fully saturated rings. The number of fused-ring (bicyclic) bond motifs is 1. The van der Waals surface area contributed by atoms with Crippen LogP contribution in [-0.2, 0) is 9.59 Å². The van der Waals surface area contributed by atoms with E-state index in [0.717, 1.165) is 126 Å². The topological polar surface area (TPSA) is 154 Å². The first-order chi connectivity index (χ1) is 28.6. The molecule has 3 aromatic rings. The zero-order chi connectivity index (χ0) is 40.8. The summed E-state index contributed by atoms with van der Waals surface area (Å²) in [6, 6.07) is 16.1. The number of imide groups is 2. The summed E-state index contributed by atoms with van der Waals surface area (Å²) in [5.41, 5.74) is 3.86. The lowest BCUT2D eigenvalue weighted by molar-refractivity contribution is -0.136. The Hall–Kier alpha value is -5.52. The van der Waals surface area contributed by atoms with Crippen LogP contribution in [0.5, 0.6) is 0 Å². The van der Waals surface area contributed by atoms with Gasteiger partial charge in [0.15, 0.2) is 0 Å². The predicted octanol–water partition coefficient (Wildman–Crippen LogP) is 4.18. The van der Waals surface area contributed by atoms with Crippen LogP contribution < -0.4 is 20.0 Å². The van der Waals surface area contributed by atoms with Crippen LogP contribution >= 0.6 is 11.6 Å². The van der Waals surface area contributed by atoms with Crippen LogP contribution in [0.3, 0.4) is 0 Å². The monoisotopic (exact) mass is 817 g/mol. The summed E-state index contributed by atoms with van der Waals surface area (Å²) in [5, 5.41) is 12.0. The molecule has 1 spiro atoms. The Morgan fingerprint density at radius 3 is 2.20 bits per heavy atom. The number of carbonyl (C=O) groups is 5. The van der Waals surface area contributed by atoms with Gasteiger partial charge < -0.3 is 19.6 Å². The molecule has 5 saturated heterocycles. The van der Waals surface area contributed by atoms with Crippen molar-refractivity contribution in [2.75, 3.05) is 86.7 Å². The van der Waals surface area contributed by atoms with Gasteiger partial charge in [-0.3, -0.25) is 39.1 Å². The predicted molar refractivity (Wildman–Crippen MR) is 222 cm³/mol. The van der Waals surface area contributed by atoms with Crippen LogP contribution in [0.1, 0.15) is 81.6 Å². The van der Waals surface area contributed by atoms with Crippen molar-refractivity contribution in [3.05, 3.63) is 82.0 Å². The number of carbonyl (C=O) groups excluding carboxylic acids is 5. The van der Waals surface area contributed by atoms with Gasteiger partial charge in [0.05, 0.1) is 27.3 Å². The molecule has 7 heterocycles. The molecule has 6 aliphatic heterocycles. The van der Waals surface area contributed by atoms with Crippen molar-refractivity contribution in [2.24, 2.45) is 11.3 Å². The maximum atomic E-state index is 13.5. The fourth-order valence-corrected chi connectivity index (χ4v) is 10.2. The molecule has 0 radical (unpaired) electrons. The molecule has 1 N–H and O–H groups in total. The SMILES string of the molecule is N#Cc1ccc(N2CCC3(CCN(C(=O)c4ccc(N5CCN(CC6CCN(c7ccc8c(c7)C(=O)N(C7CCC(=O)NC7=O)C8=O)CC6)CC5)nc4)CC3)C2)cc1Cl. The highest BCUT2D eigenvalue weighted by Crippen LogP contribution is 2.43. The lowest BCUT2D eigenvalue weighted by Gasteiger charge is -2.40. The average molecular weight is 818 g/mol. The van der Waals surface area contributed by atoms with Crippen LogP contribution in [0.25, 0.3) is 0 Å². The number of nitrogens with one attached hydrogen (secondary N) is 1. The number of rotatable bonds is 7. The molecule has 0 saturated carbocycles. The summed E-state index contributed by atoms with van der Waals surface area (Å²) >= 11 is 6.32. The first-order valence-electron chi connectivity index (χ1n) is 20.9. The van der Waals surface area contributed by atoms with Gasteiger partial charge in [0.25, 0.3) is 17.7 Å². The van der Waals surface area contributed by atoms with Crippen molar-refractivity contribution in [1.82, 2.24) is 25.0 Å². The molecule has 59 heavy (non-hydrogen) atoms. The molecule has 306 valence electrons. The summed E-state index contributed by atoms with van der Waals surface area (Å²) in [6.45, 7) is 9.70. The number of benzene rings is 2. The summed E-state index contributed by atoms with van der Waals surface area (Å²) in [5.74, 6) is -0.462. The molecule has 6 aliphatic rings. The van der Waals surface area contributed by atoms with E-state index < -0.39 is 23.8 Å². The summed E-state index contributed by atoms with van der Waals surface area (Å²) < 4.78 is 0. The third-order valence-electron chi connectivity index (χ3n) is 13.6. The first kappa shape index (κ1) is 39.0. The molecule has 2 aromatic carbocycles. The quantitative estimate of drug-likeness (QED) is 0.342. The van der Waals surface area contributed by atoms with Crippen molar-refractivity contribution in [1.29, 1.82) is 5.26 Å². The summed E-state index contributed by atoms with van der Waals surface area (Å²) in [4.78, 5) is 81.2. The maximum Gasteiger partial charge on any atom is 0.262 e. The van der Waals surface area contributed by atoms with Crippen LogP contribution in [0.15, 0.2) is 54.7 Å². The number of piperazine rings is 1. The number of nitrogens with zero attached hydrogens (tertiary/aromatic N) is 8. The number of nitriles is 1. The van der Waals surface area contributed by atoms with E-state index >= 15 is 0 Å². The third-order valence-corrected chi connectivity index (χ3v) is 13.9. The van der Waals surface area contributed by atoms with E-state index in [1.807, 2.05) is 35.2 Å². The minimum absolute atomic E-state index is 0.0414. The van der Waals surface area contributed by atoms with Crippen LogP contribution in [0.2, 0.25) is 5.02 Å². The van der Waals surface area contributed by atoms with Gasteiger partial charge in [-0.1, -0.05) is 11.6 Å². The molecule has 14 nitrogen and oxygen atoms in total. The highest BCUT2D eigenvalue weighted by atomic mass is 35.5. The second-order valence-electron chi connectivity index (χ2n) is 17.0. The number of anilines is 3. The van der Waals surface area contributed by atoms with E-state index in [9.17, 15) is 29.2 Å². The molecule has 15 heteroatoms. The smallest absolute Gasteiger partial charge is 0.262 e. The minimum Gasteiger partial charge on any atom is -0.371 e. The lowest BCUT2D eigenvalue weighted by Crippen LogP contribution is -2.54. The minimum atomic E-state index is -0.969. The van der Waals surface area contributed by atoms with Gasteiger partial charge in [0, 0.05) is 96.0 Å². The van der Waals surface area contributed by atoms with Crippen molar-refractivity contribution in [2.45, 2.75) is 51.0 Å². The third kappa shape index (κ3) is 7.62. The highest BCUT2D eigenvalue weighted by molar-refractivity contribution is 6.32. The second-order valence-corrected chi connectivity index (χ2v) is 17.4. The normalized spacial score (nSPS) is 22.6. The zero-order valence-corrected chi connectivity index (χ0v) is 33.8. The molecule has 5 amide bonds. The zero-order valence-electron chi connectivity index (χ0n) is 33.1. The molecule has 0 bridgehead atoms. The molecular formula is C44H48ClN9O5. The Balaban J connectivity index is 0.713. The van der Waals surface area contributed by atoms with Gasteiger partial charge in [-0.05, 0) is 98.4 Å². The number of pyridine rings is 1. The molecular weight excluding hydrogens is 770 g/mol. The summed E-state index contributed by atoms with van der Waals surface area (Å²) in [6.07, 6.45) is 7.01. The van der Waals surface area contributed by atoms with E-state index in [1.165, 1.54) is 0 Å². The number of amides is 5. The van der Waals surface area contributed by atoms with Crippen LogP contribution in [0.4, 0.5) is 17.2 Å². The van der Waals surface area contributed by atoms with Crippen LogP contribution in [-0.4, -0.2) is 127 Å².